The van der Waals surface area contributed by atoms with Crippen LogP contribution in [0.5, 0.6) is 0 Å². The quantitative estimate of drug-likeness (QED) is 0.581. The first-order valence-corrected chi connectivity index (χ1v) is 5.01. The molecule has 0 bridgehead atoms. The van der Waals surface area contributed by atoms with E-state index in [0.29, 0.717) is 6.54 Å². The third-order valence-corrected chi connectivity index (χ3v) is 2.10. The molecule has 0 saturated carbocycles. The number of nitrogens with zero attached hydrogens (tertiary/aromatic N) is 1. The fourth-order valence-corrected chi connectivity index (χ4v) is 1.21. The van der Waals surface area contributed by atoms with Crippen molar-refractivity contribution in [3.8, 4) is 0 Å². The molecule has 0 aliphatic carbocycles. The number of allylic oxidation sites excluding steroid dienone is 1. The molecule has 0 atom stereocenters. The van der Waals surface area contributed by atoms with Crippen LogP contribution in [0.15, 0.2) is 41.0 Å². The van der Waals surface area contributed by atoms with Gasteiger partial charge >= 0.3 is 0 Å². The fraction of sp³-hybridized carbons (Fsp3) is 0.250. The van der Waals surface area contributed by atoms with Crippen molar-refractivity contribution in [3.63, 3.8) is 0 Å². The third-order valence-electron chi connectivity index (χ3n) is 2.10. The number of benzene rings is 1. The average molecular weight is 203 g/mol. The highest BCUT2D eigenvalue weighted by Gasteiger charge is 1.91. The molecule has 1 aromatic carbocycles. The number of hydrogen-bond acceptors (Lipinski definition) is 3. The molecule has 80 valence electrons. The van der Waals surface area contributed by atoms with Crippen molar-refractivity contribution in [1.29, 1.82) is 0 Å². The van der Waals surface area contributed by atoms with Gasteiger partial charge in [0.1, 0.15) is 0 Å². The first-order valence-electron chi connectivity index (χ1n) is 5.01. The van der Waals surface area contributed by atoms with Crippen LogP contribution in [0, 0.1) is 0 Å². The monoisotopic (exact) mass is 203 g/mol. The number of hydrogen-bond donors (Lipinski definition) is 2. The normalized spacial score (nSPS) is 12.2. The van der Waals surface area contributed by atoms with E-state index >= 15 is 0 Å². The average Bonchev–Trinajstić information content (AvgIpc) is 2.25. The van der Waals surface area contributed by atoms with Gasteiger partial charge in [0.15, 0.2) is 0 Å². The van der Waals surface area contributed by atoms with Gasteiger partial charge in [0.2, 0.25) is 0 Å². The molecular weight excluding hydrogens is 186 g/mol. The maximum absolute atomic E-state index is 5.66. The lowest BCUT2D eigenvalue weighted by Crippen LogP contribution is -1.91. The van der Waals surface area contributed by atoms with Gasteiger partial charge in [-0.15, -0.1) is 0 Å². The van der Waals surface area contributed by atoms with E-state index in [0.717, 1.165) is 23.2 Å². The van der Waals surface area contributed by atoms with E-state index in [-0.39, 0.29) is 0 Å². The summed E-state index contributed by atoms with van der Waals surface area (Å²) in [6.07, 6.45) is 4.29. The molecular formula is C12H17N3. The van der Waals surface area contributed by atoms with E-state index < -0.39 is 0 Å². The molecule has 3 heteroatoms. The van der Waals surface area contributed by atoms with Crippen LogP contribution >= 0.6 is 0 Å². The Balaban J connectivity index is 2.57. The number of nitrogens with two attached hydrogens (primary N) is 2. The first-order chi connectivity index (χ1) is 7.26. The Bertz CT molecular complexity index is 367. The molecule has 4 N–H and O–H groups in total. The predicted molar refractivity (Wildman–Crippen MR) is 65.6 cm³/mol. The minimum absolute atomic E-state index is 0.641. The minimum Gasteiger partial charge on any atom is -0.404 e. The van der Waals surface area contributed by atoms with Gasteiger partial charge in [-0.1, -0.05) is 19.1 Å². The van der Waals surface area contributed by atoms with Crippen LogP contribution in [-0.2, 0) is 6.54 Å². The molecule has 0 saturated heterocycles. The Morgan fingerprint density at radius 3 is 2.87 bits per heavy atom. The summed E-state index contributed by atoms with van der Waals surface area (Å²) in [5.74, 6) is 0. The summed E-state index contributed by atoms with van der Waals surface area (Å²) in [5, 5.41) is 0. The van der Waals surface area contributed by atoms with E-state index in [9.17, 15) is 0 Å². The molecule has 0 radical (unpaired) electrons. The number of nitrogen functional groups attached to an aromatic ring is 1. The molecule has 15 heavy (non-hydrogen) atoms. The van der Waals surface area contributed by atoms with Crippen molar-refractivity contribution >= 4 is 11.9 Å². The summed E-state index contributed by atoms with van der Waals surface area (Å²) in [4.78, 5) is 4.30. The van der Waals surface area contributed by atoms with Gasteiger partial charge in [-0.25, -0.2) is 0 Å². The van der Waals surface area contributed by atoms with Crippen molar-refractivity contribution in [3.05, 3.63) is 41.6 Å². The lowest BCUT2D eigenvalue weighted by atomic mass is 10.2. The van der Waals surface area contributed by atoms with Crippen LogP contribution < -0.4 is 11.5 Å². The second-order valence-corrected chi connectivity index (χ2v) is 3.31. The highest BCUT2D eigenvalue weighted by molar-refractivity contribution is 5.78. The second-order valence-electron chi connectivity index (χ2n) is 3.31. The van der Waals surface area contributed by atoms with Gasteiger partial charge in [-0.3, -0.25) is 4.99 Å². The standard InChI is InChI=1S/C12H17N3/c1-2-10(7-13)8-15-9-11-4-3-5-12(14)6-11/h3-8H,2,9,13-14H2,1H3/b10-7-,15-8?. The zero-order valence-corrected chi connectivity index (χ0v) is 8.98. The number of aliphatic imine (C=N–C) groups is 1. The van der Waals surface area contributed by atoms with E-state index in [4.69, 9.17) is 11.5 Å². The molecule has 0 amide bonds. The SMILES string of the molecule is CC/C(C=NCc1cccc(N)c1)=C/N. The molecule has 0 aliphatic rings. The van der Waals surface area contributed by atoms with Gasteiger partial charge in [-0.05, 0) is 35.9 Å². The molecule has 1 aromatic rings. The van der Waals surface area contributed by atoms with Crippen LogP contribution in [0.2, 0.25) is 0 Å². The van der Waals surface area contributed by atoms with Gasteiger partial charge in [-0.2, -0.15) is 0 Å². The predicted octanol–water partition coefficient (Wildman–Crippen LogP) is 2.09. The Morgan fingerprint density at radius 1 is 1.47 bits per heavy atom. The topological polar surface area (TPSA) is 64.4 Å². The fourth-order valence-electron chi connectivity index (χ4n) is 1.21. The number of anilines is 1. The van der Waals surface area contributed by atoms with Crippen LogP contribution in [-0.4, -0.2) is 6.21 Å². The summed E-state index contributed by atoms with van der Waals surface area (Å²) in [5.41, 5.74) is 14.0. The van der Waals surface area contributed by atoms with Crippen molar-refractivity contribution in [1.82, 2.24) is 0 Å². The van der Waals surface area contributed by atoms with Crippen molar-refractivity contribution in [2.45, 2.75) is 19.9 Å². The lowest BCUT2D eigenvalue weighted by Gasteiger charge is -1.98. The number of rotatable bonds is 4. The molecule has 0 unspecified atom stereocenters. The molecule has 3 nitrogen and oxygen atoms in total. The van der Waals surface area contributed by atoms with E-state index in [1.165, 1.54) is 0 Å². The van der Waals surface area contributed by atoms with Crippen molar-refractivity contribution in [2.24, 2.45) is 10.7 Å². The van der Waals surface area contributed by atoms with E-state index in [1.807, 2.05) is 37.4 Å². The largest absolute Gasteiger partial charge is 0.404 e. The maximum atomic E-state index is 5.66. The smallest absolute Gasteiger partial charge is 0.0640 e. The molecule has 0 aliphatic heterocycles. The van der Waals surface area contributed by atoms with Gasteiger partial charge in [0.05, 0.1) is 6.54 Å². The van der Waals surface area contributed by atoms with Crippen LogP contribution in [0.4, 0.5) is 5.69 Å². The summed E-state index contributed by atoms with van der Waals surface area (Å²) in [7, 11) is 0. The van der Waals surface area contributed by atoms with E-state index in [1.54, 1.807) is 6.20 Å². The molecule has 0 aromatic heterocycles. The van der Waals surface area contributed by atoms with Crippen LogP contribution in [0.3, 0.4) is 0 Å². The molecule has 0 fully saturated rings. The Hall–Kier alpha value is -1.77. The summed E-state index contributed by atoms with van der Waals surface area (Å²) < 4.78 is 0. The van der Waals surface area contributed by atoms with Crippen molar-refractivity contribution < 1.29 is 0 Å². The minimum atomic E-state index is 0.641. The summed E-state index contributed by atoms with van der Waals surface area (Å²) in [6, 6.07) is 7.73. The van der Waals surface area contributed by atoms with Crippen LogP contribution in [0.1, 0.15) is 18.9 Å². The highest BCUT2D eigenvalue weighted by atomic mass is 14.7. The van der Waals surface area contributed by atoms with Gasteiger partial charge in [0, 0.05) is 11.9 Å². The zero-order valence-electron chi connectivity index (χ0n) is 8.98. The lowest BCUT2D eigenvalue weighted by molar-refractivity contribution is 1.07. The Labute approximate surface area is 90.5 Å². The van der Waals surface area contributed by atoms with Crippen LogP contribution in [0.25, 0.3) is 0 Å². The highest BCUT2D eigenvalue weighted by Crippen LogP contribution is 2.07. The van der Waals surface area contributed by atoms with Gasteiger partial charge < -0.3 is 11.5 Å². The Kier molecular flexibility index (Phi) is 4.41. The third kappa shape index (κ3) is 3.85. The zero-order chi connectivity index (χ0) is 11.1. The summed E-state index contributed by atoms with van der Waals surface area (Å²) >= 11 is 0. The first kappa shape index (κ1) is 11.3. The van der Waals surface area contributed by atoms with E-state index in [2.05, 4.69) is 4.99 Å². The molecule has 0 heterocycles. The molecule has 0 spiro atoms. The Morgan fingerprint density at radius 2 is 2.27 bits per heavy atom. The summed E-state index contributed by atoms with van der Waals surface area (Å²) in [6.45, 7) is 2.69. The second kappa shape index (κ2) is 5.86. The van der Waals surface area contributed by atoms with Crippen molar-refractivity contribution in [2.75, 3.05) is 5.73 Å². The van der Waals surface area contributed by atoms with Gasteiger partial charge in [0.25, 0.3) is 0 Å². The molecule has 1 rings (SSSR count). The maximum Gasteiger partial charge on any atom is 0.0640 e.